The summed E-state index contributed by atoms with van der Waals surface area (Å²) in [5, 5.41) is 7.23. The highest BCUT2D eigenvalue weighted by Gasteiger charge is 2.24. The second-order valence-electron chi connectivity index (χ2n) is 7.26. The third-order valence-electron chi connectivity index (χ3n) is 4.31. The van der Waals surface area contributed by atoms with Gasteiger partial charge in [0.2, 0.25) is 0 Å². The van der Waals surface area contributed by atoms with E-state index in [9.17, 15) is 9.59 Å². The maximum Gasteiger partial charge on any atom is 0.262 e. The van der Waals surface area contributed by atoms with E-state index in [1.165, 1.54) is 5.56 Å². The number of benzene rings is 2. The van der Waals surface area contributed by atoms with Crippen molar-refractivity contribution in [2.75, 3.05) is 0 Å². The average Bonchev–Trinajstić information content (AvgIpc) is 2.65. The normalized spacial score (nSPS) is 12.4. The molecule has 5 nitrogen and oxygen atoms in total. The van der Waals surface area contributed by atoms with Crippen molar-refractivity contribution in [2.45, 2.75) is 39.7 Å². The molecule has 0 aliphatic rings. The van der Waals surface area contributed by atoms with Crippen LogP contribution in [0.5, 0.6) is 0 Å². The molecule has 2 aromatic rings. The first kappa shape index (κ1) is 21.6. The van der Waals surface area contributed by atoms with Gasteiger partial charge in [0.15, 0.2) is 0 Å². The van der Waals surface area contributed by atoms with Crippen LogP contribution >= 0.6 is 11.6 Å². The Morgan fingerprint density at radius 2 is 1.71 bits per heavy atom. The van der Waals surface area contributed by atoms with Gasteiger partial charge in [-0.05, 0) is 41.2 Å². The van der Waals surface area contributed by atoms with Gasteiger partial charge in [-0.25, -0.2) is 5.43 Å². The summed E-state index contributed by atoms with van der Waals surface area (Å²) in [6.07, 6.45) is 1.58. The second-order valence-corrected chi connectivity index (χ2v) is 7.70. The molecule has 0 aliphatic heterocycles. The van der Waals surface area contributed by atoms with E-state index >= 15 is 0 Å². The molecule has 148 valence electrons. The van der Waals surface area contributed by atoms with Crippen LogP contribution in [-0.2, 0) is 4.79 Å². The molecule has 0 saturated heterocycles. The van der Waals surface area contributed by atoms with E-state index in [0.29, 0.717) is 16.5 Å². The lowest BCUT2D eigenvalue weighted by Crippen LogP contribution is -2.48. The van der Waals surface area contributed by atoms with Gasteiger partial charge in [-0.1, -0.05) is 69.6 Å². The summed E-state index contributed by atoms with van der Waals surface area (Å²) in [5.41, 5.74) is 5.03. The minimum atomic E-state index is -0.716. The van der Waals surface area contributed by atoms with Gasteiger partial charge in [-0.2, -0.15) is 5.10 Å². The quantitative estimate of drug-likeness (QED) is 0.536. The Labute approximate surface area is 171 Å². The standard InChI is InChI=1S/C22H26ClN3O2/c1-14(2)17-10-8-16(9-11-17)13-24-26-22(28)20(15(3)4)25-21(27)18-6-5-7-19(23)12-18/h5-15,20H,1-4H3,(H,25,27)(H,26,28)/b24-13+. The zero-order valence-electron chi connectivity index (χ0n) is 16.6. The number of carbonyl (C=O) groups excluding carboxylic acids is 2. The molecule has 0 bridgehead atoms. The van der Waals surface area contributed by atoms with E-state index in [4.69, 9.17) is 11.6 Å². The summed E-state index contributed by atoms with van der Waals surface area (Å²) in [6.45, 7) is 7.98. The molecule has 0 aliphatic carbocycles. The number of hydrogen-bond donors (Lipinski definition) is 2. The average molecular weight is 400 g/mol. The molecule has 2 aromatic carbocycles. The summed E-state index contributed by atoms with van der Waals surface area (Å²) in [4.78, 5) is 24.9. The predicted molar refractivity (Wildman–Crippen MR) is 114 cm³/mol. The van der Waals surface area contributed by atoms with Gasteiger partial charge < -0.3 is 5.32 Å². The highest BCUT2D eigenvalue weighted by Crippen LogP contribution is 2.14. The maximum absolute atomic E-state index is 12.5. The van der Waals surface area contributed by atoms with Crippen molar-refractivity contribution in [3.8, 4) is 0 Å². The summed E-state index contributed by atoms with van der Waals surface area (Å²) >= 11 is 5.93. The Bertz CT molecular complexity index is 845. The molecule has 2 rings (SSSR count). The molecular weight excluding hydrogens is 374 g/mol. The third-order valence-corrected chi connectivity index (χ3v) is 4.55. The van der Waals surface area contributed by atoms with Crippen LogP contribution in [0, 0.1) is 5.92 Å². The Hall–Kier alpha value is -2.66. The van der Waals surface area contributed by atoms with Crippen LogP contribution in [0.2, 0.25) is 5.02 Å². The van der Waals surface area contributed by atoms with Crippen molar-refractivity contribution < 1.29 is 9.59 Å². The maximum atomic E-state index is 12.5. The van der Waals surface area contributed by atoms with Crippen molar-refractivity contribution in [3.05, 3.63) is 70.2 Å². The van der Waals surface area contributed by atoms with E-state index in [1.807, 2.05) is 38.1 Å². The third kappa shape index (κ3) is 6.20. The lowest BCUT2D eigenvalue weighted by Gasteiger charge is -2.20. The summed E-state index contributed by atoms with van der Waals surface area (Å²) < 4.78 is 0. The highest BCUT2D eigenvalue weighted by atomic mass is 35.5. The molecule has 1 atom stereocenters. The van der Waals surface area contributed by atoms with E-state index in [1.54, 1.807) is 30.5 Å². The van der Waals surface area contributed by atoms with E-state index in [0.717, 1.165) is 5.56 Å². The molecule has 1 unspecified atom stereocenters. The fraction of sp³-hybridized carbons (Fsp3) is 0.318. The lowest BCUT2D eigenvalue weighted by atomic mass is 10.0. The van der Waals surface area contributed by atoms with Crippen LogP contribution < -0.4 is 10.7 Å². The van der Waals surface area contributed by atoms with Crippen LogP contribution in [0.3, 0.4) is 0 Å². The van der Waals surface area contributed by atoms with Crippen LogP contribution in [0.4, 0.5) is 0 Å². The van der Waals surface area contributed by atoms with Gasteiger partial charge in [-0.3, -0.25) is 9.59 Å². The molecule has 0 saturated carbocycles. The molecular formula is C22H26ClN3O2. The van der Waals surface area contributed by atoms with Gasteiger partial charge in [0.1, 0.15) is 6.04 Å². The fourth-order valence-electron chi connectivity index (χ4n) is 2.60. The monoisotopic (exact) mass is 399 g/mol. The SMILES string of the molecule is CC(C)c1ccc(/C=N/NC(=O)C(NC(=O)c2cccc(Cl)c2)C(C)C)cc1. The molecule has 28 heavy (non-hydrogen) atoms. The van der Waals surface area contributed by atoms with Crippen molar-refractivity contribution >= 4 is 29.6 Å². The Morgan fingerprint density at radius 3 is 2.29 bits per heavy atom. The number of hydrazone groups is 1. The minimum absolute atomic E-state index is 0.108. The number of halogens is 1. The van der Waals surface area contributed by atoms with Crippen molar-refractivity contribution in [1.29, 1.82) is 0 Å². The molecule has 0 fully saturated rings. The predicted octanol–water partition coefficient (Wildman–Crippen LogP) is 4.37. The van der Waals surface area contributed by atoms with Crippen LogP contribution in [0.1, 0.15) is 55.1 Å². The van der Waals surface area contributed by atoms with Crippen LogP contribution in [-0.4, -0.2) is 24.1 Å². The lowest BCUT2D eigenvalue weighted by molar-refractivity contribution is -0.123. The smallest absolute Gasteiger partial charge is 0.262 e. The summed E-state index contributed by atoms with van der Waals surface area (Å²) in [6, 6.07) is 13.8. The van der Waals surface area contributed by atoms with Gasteiger partial charge in [0.05, 0.1) is 6.21 Å². The van der Waals surface area contributed by atoms with Gasteiger partial charge >= 0.3 is 0 Å². The number of carbonyl (C=O) groups is 2. The van der Waals surface area contributed by atoms with E-state index < -0.39 is 6.04 Å². The molecule has 2 N–H and O–H groups in total. The highest BCUT2D eigenvalue weighted by molar-refractivity contribution is 6.31. The molecule has 2 amide bonds. The Kier molecular flexibility index (Phi) is 7.76. The minimum Gasteiger partial charge on any atom is -0.340 e. The first-order valence-corrected chi connectivity index (χ1v) is 9.65. The van der Waals surface area contributed by atoms with Crippen molar-refractivity contribution in [2.24, 2.45) is 11.0 Å². The van der Waals surface area contributed by atoms with Gasteiger partial charge in [-0.15, -0.1) is 0 Å². The largest absolute Gasteiger partial charge is 0.340 e. The fourth-order valence-corrected chi connectivity index (χ4v) is 2.79. The van der Waals surface area contributed by atoms with Crippen LogP contribution in [0.25, 0.3) is 0 Å². The number of nitrogens with one attached hydrogen (secondary N) is 2. The molecule has 0 spiro atoms. The number of amides is 2. The van der Waals surface area contributed by atoms with E-state index in [2.05, 4.69) is 29.7 Å². The number of nitrogens with zero attached hydrogens (tertiary/aromatic N) is 1. The summed E-state index contributed by atoms with van der Waals surface area (Å²) in [7, 11) is 0. The molecule has 6 heteroatoms. The zero-order valence-corrected chi connectivity index (χ0v) is 17.3. The Balaban J connectivity index is 1.99. The van der Waals surface area contributed by atoms with E-state index in [-0.39, 0.29) is 17.7 Å². The number of hydrogen-bond acceptors (Lipinski definition) is 3. The zero-order chi connectivity index (χ0) is 20.7. The second kappa shape index (κ2) is 10.0. The summed E-state index contributed by atoms with van der Waals surface area (Å²) in [5.74, 6) is -0.380. The number of rotatable bonds is 7. The van der Waals surface area contributed by atoms with Gasteiger partial charge in [0, 0.05) is 10.6 Å². The Morgan fingerprint density at radius 1 is 1.04 bits per heavy atom. The molecule has 0 aromatic heterocycles. The van der Waals surface area contributed by atoms with Crippen LogP contribution in [0.15, 0.2) is 53.6 Å². The molecule has 0 radical (unpaired) electrons. The molecule has 0 heterocycles. The van der Waals surface area contributed by atoms with Crippen molar-refractivity contribution in [3.63, 3.8) is 0 Å². The van der Waals surface area contributed by atoms with Gasteiger partial charge in [0.25, 0.3) is 11.8 Å². The first-order valence-electron chi connectivity index (χ1n) is 9.27. The first-order chi connectivity index (χ1) is 13.3. The van der Waals surface area contributed by atoms with Crippen molar-refractivity contribution in [1.82, 2.24) is 10.7 Å². The topological polar surface area (TPSA) is 70.6 Å².